The molecule has 16 heavy (non-hydrogen) atoms. The van der Waals surface area contributed by atoms with Crippen molar-refractivity contribution in [2.45, 2.75) is 37.0 Å². The van der Waals surface area contributed by atoms with Crippen LogP contribution in [-0.4, -0.2) is 30.4 Å². The van der Waals surface area contributed by atoms with E-state index in [0.717, 1.165) is 16.1 Å². The van der Waals surface area contributed by atoms with Gasteiger partial charge in [-0.3, -0.25) is 0 Å². The molecule has 0 heterocycles. The maximum absolute atomic E-state index is 6.15. The van der Waals surface area contributed by atoms with E-state index >= 15 is 0 Å². The predicted octanol–water partition coefficient (Wildman–Crippen LogP) is 5.33. The molecule has 0 radical (unpaired) electrons. The van der Waals surface area contributed by atoms with Gasteiger partial charge >= 0.3 is 122 Å². The van der Waals surface area contributed by atoms with Crippen LogP contribution in [-0.2, 0) is 4.74 Å². The summed E-state index contributed by atoms with van der Waals surface area (Å²) in [5, 5.41) is 0.362. The molecule has 0 unspecified atom stereocenters. The first-order valence-electron chi connectivity index (χ1n) is 5.21. The van der Waals surface area contributed by atoms with Gasteiger partial charge < -0.3 is 0 Å². The van der Waals surface area contributed by atoms with Crippen LogP contribution in [0.15, 0.2) is 8.46 Å². The van der Waals surface area contributed by atoms with Crippen molar-refractivity contribution in [1.29, 1.82) is 0 Å². The van der Waals surface area contributed by atoms with E-state index in [4.69, 9.17) is 46.4 Å². The molecule has 0 aromatic heterocycles. The third kappa shape index (κ3) is 6.65. The van der Waals surface area contributed by atoms with Crippen LogP contribution in [0.5, 0.6) is 0 Å². The fraction of sp³-hybridized carbons (Fsp3) is 0.778. The minimum atomic E-state index is -3.44. The Balaban J connectivity index is 4.94. The van der Waals surface area contributed by atoms with Crippen LogP contribution in [0.3, 0.4) is 0 Å². The molecule has 0 aliphatic rings. The van der Waals surface area contributed by atoms with E-state index in [1.54, 1.807) is 0 Å². The Hall–Kier alpha value is 1.79. The Morgan fingerprint density at radius 2 is 1.62 bits per heavy atom. The molecule has 0 aromatic rings. The minimum absolute atomic E-state index is 0.362. The molecular formula is C9H18Cl4Ge2O. The summed E-state index contributed by atoms with van der Waals surface area (Å²) >= 11 is 3.90. The van der Waals surface area contributed by atoms with Crippen molar-refractivity contribution in [1.82, 2.24) is 0 Å². The Bertz CT molecular complexity index is 239. The van der Waals surface area contributed by atoms with E-state index in [1.165, 1.54) is 0 Å². The van der Waals surface area contributed by atoms with Crippen LogP contribution in [0.2, 0.25) is 17.3 Å². The van der Waals surface area contributed by atoms with Gasteiger partial charge in [0.2, 0.25) is 0 Å². The molecule has 0 aromatic carbocycles. The van der Waals surface area contributed by atoms with Gasteiger partial charge in [0.05, 0.1) is 0 Å². The van der Waals surface area contributed by atoms with Crippen LogP contribution in [0.25, 0.3) is 0 Å². The maximum atomic E-state index is 6.15. The molecule has 0 atom stereocenters. The summed E-state index contributed by atoms with van der Waals surface area (Å²) in [6.45, 7) is 2.69. The van der Waals surface area contributed by atoms with Crippen LogP contribution < -0.4 is 0 Å². The Morgan fingerprint density at radius 3 is 1.94 bits per heavy atom. The van der Waals surface area contributed by atoms with Crippen molar-refractivity contribution in [3.8, 4) is 0 Å². The number of rotatable bonds is 6. The fourth-order valence-electron chi connectivity index (χ4n) is 1.21. The zero-order chi connectivity index (χ0) is 13.0. The zero-order valence-corrected chi connectivity index (χ0v) is 17.3. The SMILES string of the molecule is CCCCO/C(Cl)=[C](/[Ge]([CH3])([CH3])[CH3])[Ge]([Cl])([Cl])[Cl]. The second-order valence-electron chi connectivity index (χ2n) is 4.60. The fourth-order valence-corrected chi connectivity index (χ4v) is 41.6. The quantitative estimate of drug-likeness (QED) is 0.315. The molecule has 0 amide bonds. The average molecular weight is 429 g/mol. The van der Waals surface area contributed by atoms with Gasteiger partial charge in [0.15, 0.2) is 0 Å². The van der Waals surface area contributed by atoms with E-state index < -0.39 is 23.7 Å². The molecule has 0 saturated carbocycles. The first kappa shape index (κ1) is 17.8. The Labute approximate surface area is 121 Å². The van der Waals surface area contributed by atoms with E-state index in [0.29, 0.717) is 11.8 Å². The third-order valence-corrected chi connectivity index (χ3v) is 28.6. The van der Waals surface area contributed by atoms with E-state index in [9.17, 15) is 0 Å². The first-order valence-corrected chi connectivity index (χ1v) is 22.2. The molecule has 0 saturated heterocycles. The van der Waals surface area contributed by atoms with E-state index in [-0.39, 0.29) is 0 Å². The van der Waals surface area contributed by atoms with Crippen LogP contribution in [0, 0.1) is 0 Å². The Kier molecular flexibility index (Phi) is 8.22. The van der Waals surface area contributed by atoms with Crippen molar-refractivity contribution in [3.05, 3.63) is 8.46 Å². The number of hydrogen-bond acceptors (Lipinski definition) is 1. The Morgan fingerprint density at radius 1 is 1.12 bits per heavy atom. The number of ether oxygens (including phenoxy) is 1. The summed E-state index contributed by atoms with van der Waals surface area (Å²) in [5.74, 6) is 6.48. The van der Waals surface area contributed by atoms with Gasteiger partial charge in [-0.15, -0.1) is 0 Å². The van der Waals surface area contributed by atoms with Gasteiger partial charge in [-0.1, -0.05) is 0 Å². The van der Waals surface area contributed by atoms with Crippen molar-refractivity contribution in [2.24, 2.45) is 0 Å². The van der Waals surface area contributed by atoms with Gasteiger partial charge in [-0.2, -0.15) is 0 Å². The van der Waals surface area contributed by atoms with Crippen LogP contribution in [0.1, 0.15) is 19.8 Å². The number of unbranched alkanes of at least 4 members (excludes halogenated alkanes) is 1. The van der Waals surface area contributed by atoms with Gasteiger partial charge in [-0.05, 0) is 0 Å². The summed E-state index contributed by atoms with van der Waals surface area (Å²) < 4.78 is 6.35. The molecule has 1 nitrogen and oxygen atoms in total. The molecular weight excluding hydrogens is 411 g/mol. The van der Waals surface area contributed by atoms with Crippen molar-refractivity contribution < 1.29 is 4.74 Å². The van der Waals surface area contributed by atoms with Crippen molar-refractivity contribution in [2.75, 3.05) is 6.61 Å². The van der Waals surface area contributed by atoms with Gasteiger partial charge in [0.25, 0.3) is 0 Å². The van der Waals surface area contributed by atoms with Gasteiger partial charge in [-0.25, -0.2) is 0 Å². The second kappa shape index (κ2) is 7.39. The van der Waals surface area contributed by atoms with E-state index in [1.807, 2.05) is 0 Å². The summed E-state index contributed by atoms with van der Waals surface area (Å²) in [6.07, 6.45) is 2.03. The predicted molar refractivity (Wildman–Crippen MR) is 80.4 cm³/mol. The molecule has 0 bridgehead atoms. The zero-order valence-electron chi connectivity index (χ0n) is 10.0. The first-order chi connectivity index (χ1) is 7.10. The normalized spacial score (nSPS) is 14.8. The average Bonchev–Trinajstić information content (AvgIpc) is 1.98. The third-order valence-electron chi connectivity index (χ3n) is 1.96. The van der Waals surface area contributed by atoms with Crippen molar-refractivity contribution in [3.63, 3.8) is 0 Å². The van der Waals surface area contributed by atoms with E-state index in [2.05, 4.69) is 24.2 Å². The summed E-state index contributed by atoms with van der Waals surface area (Å²) in [6, 6.07) is 0. The molecule has 0 aliphatic heterocycles. The monoisotopic (exact) mass is 430 g/mol. The molecule has 7 heteroatoms. The standard InChI is InChI=1S/C9H18Cl4Ge2O/c1-5-6-7-16-8(10)9(14(2,3)4)15(11,12)13/h5-7H2,1-4H3/b9-8-. The molecule has 96 valence electrons. The molecule has 0 spiro atoms. The summed E-state index contributed by atoms with van der Waals surface area (Å²) in [4.78, 5) is 0. The second-order valence-corrected chi connectivity index (χ2v) is 32.6. The van der Waals surface area contributed by atoms with Crippen molar-refractivity contribution >= 4 is 65.4 Å². The molecule has 0 N–H and O–H groups in total. The molecule has 0 aliphatic carbocycles. The molecule has 0 fully saturated rings. The number of hydrogen-bond donors (Lipinski definition) is 0. The topological polar surface area (TPSA) is 9.23 Å². The van der Waals surface area contributed by atoms with Crippen LogP contribution >= 0.6 is 41.6 Å². The van der Waals surface area contributed by atoms with Gasteiger partial charge in [0.1, 0.15) is 0 Å². The van der Waals surface area contributed by atoms with Crippen LogP contribution in [0.4, 0.5) is 0 Å². The van der Waals surface area contributed by atoms with Gasteiger partial charge in [0, 0.05) is 0 Å². The summed E-state index contributed by atoms with van der Waals surface area (Å²) in [7, 11) is 15.0. The molecule has 0 rings (SSSR count). The summed E-state index contributed by atoms with van der Waals surface area (Å²) in [5.41, 5.74) is 0. The number of halogens is 4.